The van der Waals surface area contributed by atoms with Gasteiger partial charge in [-0.1, -0.05) is 36.4 Å². The average Bonchev–Trinajstić information content (AvgIpc) is 3.04. The Morgan fingerprint density at radius 1 is 1.17 bits per heavy atom. The molecule has 2 amide bonds. The van der Waals surface area contributed by atoms with Gasteiger partial charge in [0, 0.05) is 11.1 Å². The second-order valence-electron chi connectivity index (χ2n) is 4.79. The van der Waals surface area contributed by atoms with Gasteiger partial charge in [-0.15, -0.1) is 11.3 Å². The van der Waals surface area contributed by atoms with E-state index in [0.717, 1.165) is 10.4 Å². The monoisotopic (exact) mass is 340 g/mol. The van der Waals surface area contributed by atoms with Gasteiger partial charge < -0.3 is 10.6 Å². The van der Waals surface area contributed by atoms with E-state index < -0.39 is 5.91 Å². The van der Waals surface area contributed by atoms with Gasteiger partial charge in [-0.3, -0.25) is 9.59 Å². The van der Waals surface area contributed by atoms with Crippen molar-refractivity contribution in [2.24, 2.45) is 0 Å². The summed E-state index contributed by atoms with van der Waals surface area (Å²) in [6, 6.07) is 11.7. The lowest BCUT2D eigenvalue weighted by atomic mass is 10.2. The van der Waals surface area contributed by atoms with Crippen molar-refractivity contribution >= 4 is 35.3 Å². The van der Waals surface area contributed by atoms with E-state index in [2.05, 4.69) is 15.6 Å². The summed E-state index contributed by atoms with van der Waals surface area (Å²) in [4.78, 5) is 28.2. The fraction of sp³-hybridized carbons (Fsp3) is 0.176. The number of nitrogens with zero attached hydrogens (tertiary/aromatic N) is 2. The fourth-order valence-corrected chi connectivity index (χ4v) is 2.63. The van der Waals surface area contributed by atoms with Gasteiger partial charge >= 0.3 is 0 Å². The minimum absolute atomic E-state index is 0.0711. The van der Waals surface area contributed by atoms with Crippen molar-refractivity contribution in [3.8, 4) is 6.07 Å². The molecule has 0 aliphatic carbocycles. The summed E-state index contributed by atoms with van der Waals surface area (Å²) >= 11 is 1.43. The molecule has 2 aromatic rings. The number of hydrogen-bond donors (Lipinski definition) is 2. The molecule has 6 nitrogen and oxygen atoms in total. The molecule has 1 aromatic heterocycles. The number of thiazole rings is 1. The largest absolute Gasteiger partial charge is 0.347 e. The molecule has 0 bridgehead atoms. The zero-order valence-electron chi connectivity index (χ0n) is 12.9. The molecule has 7 heteroatoms. The van der Waals surface area contributed by atoms with Crippen LogP contribution in [0.15, 0.2) is 36.5 Å². The lowest BCUT2D eigenvalue weighted by molar-refractivity contribution is -0.125. The van der Waals surface area contributed by atoms with Crippen molar-refractivity contribution in [3.63, 3.8) is 0 Å². The van der Waals surface area contributed by atoms with E-state index in [9.17, 15) is 9.59 Å². The first kappa shape index (κ1) is 17.4. The topological polar surface area (TPSA) is 94.9 Å². The molecule has 0 fully saturated rings. The van der Waals surface area contributed by atoms with Gasteiger partial charge in [-0.25, -0.2) is 4.98 Å². The third-order valence-electron chi connectivity index (χ3n) is 2.93. The van der Waals surface area contributed by atoms with E-state index in [1.807, 2.05) is 42.5 Å². The zero-order chi connectivity index (χ0) is 17.2. The van der Waals surface area contributed by atoms with Crippen molar-refractivity contribution in [1.29, 1.82) is 5.26 Å². The molecule has 1 aromatic carbocycles. The Hall–Kier alpha value is -2.98. The number of nitriles is 1. The Labute approximate surface area is 143 Å². The Bertz CT molecular complexity index is 762. The summed E-state index contributed by atoms with van der Waals surface area (Å²) in [6.07, 6.45) is 5.77. The molecule has 0 saturated carbocycles. The molecule has 24 heavy (non-hydrogen) atoms. The maximum Gasteiger partial charge on any atom is 0.240 e. The van der Waals surface area contributed by atoms with Gasteiger partial charge in [0.25, 0.3) is 0 Å². The second-order valence-corrected chi connectivity index (χ2v) is 5.94. The quantitative estimate of drug-likeness (QED) is 0.749. The molecule has 122 valence electrons. The number of hydrogen-bond acceptors (Lipinski definition) is 5. The van der Waals surface area contributed by atoms with E-state index in [0.29, 0.717) is 5.01 Å². The highest BCUT2D eigenvalue weighted by molar-refractivity contribution is 7.12. The SMILES string of the molecule is N#CCNC(=O)CNC(=O)Cc1ncc(/C=C/c2ccccc2)s1. The van der Waals surface area contributed by atoms with Crippen LogP contribution < -0.4 is 10.6 Å². The molecule has 1 heterocycles. The third kappa shape index (κ3) is 6.02. The first-order chi connectivity index (χ1) is 11.7. The predicted molar refractivity (Wildman–Crippen MR) is 92.8 cm³/mol. The normalized spacial score (nSPS) is 10.3. The number of carbonyl (C=O) groups excluding carboxylic acids is 2. The van der Waals surface area contributed by atoms with Gasteiger partial charge in [-0.05, 0) is 11.6 Å². The molecule has 0 unspecified atom stereocenters. The van der Waals surface area contributed by atoms with Gasteiger partial charge in [0.2, 0.25) is 11.8 Å². The molecule has 0 atom stereocenters. The minimum Gasteiger partial charge on any atom is -0.347 e. The molecular weight excluding hydrogens is 324 g/mol. The van der Waals surface area contributed by atoms with Crippen LogP contribution in [-0.4, -0.2) is 29.9 Å². The lowest BCUT2D eigenvalue weighted by Crippen LogP contribution is -2.37. The Morgan fingerprint density at radius 2 is 1.96 bits per heavy atom. The van der Waals surface area contributed by atoms with Crippen LogP contribution in [-0.2, 0) is 16.0 Å². The molecule has 2 N–H and O–H groups in total. The molecule has 0 spiro atoms. The highest BCUT2D eigenvalue weighted by atomic mass is 32.1. The van der Waals surface area contributed by atoms with Crippen LogP contribution in [0.2, 0.25) is 0 Å². The summed E-state index contributed by atoms with van der Waals surface area (Å²) in [5, 5.41) is 13.9. The van der Waals surface area contributed by atoms with Crippen molar-refractivity contribution in [3.05, 3.63) is 52.0 Å². The van der Waals surface area contributed by atoms with Crippen LogP contribution in [0.1, 0.15) is 15.4 Å². The summed E-state index contributed by atoms with van der Waals surface area (Å²) in [5.41, 5.74) is 1.09. The second kappa shape index (κ2) is 9.22. The van der Waals surface area contributed by atoms with E-state index in [-0.39, 0.29) is 25.4 Å². The van der Waals surface area contributed by atoms with Crippen molar-refractivity contribution in [2.45, 2.75) is 6.42 Å². The van der Waals surface area contributed by atoms with Gasteiger partial charge in [0.1, 0.15) is 11.6 Å². The Morgan fingerprint density at radius 3 is 2.71 bits per heavy atom. The summed E-state index contributed by atoms with van der Waals surface area (Å²) in [5.74, 6) is -0.675. The van der Waals surface area contributed by atoms with E-state index >= 15 is 0 Å². The molecular formula is C17H16N4O2S. The number of aromatic nitrogens is 1. The standard InChI is InChI=1S/C17H16N4O2S/c18-8-9-19-16(23)12-20-15(22)10-17-21-11-14(24-17)7-6-13-4-2-1-3-5-13/h1-7,11H,9-10,12H2,(H,19,23)(H,20,22)/b7-6+. The van der Waals surface area contributed by atoms with Crippen LogP contribution in [0, 0.1) is 11.3 Å². The van der Waals surface area contributed by atoms with Gasteiger partial charge in [0.05, 0.1) is 19.0 Å². The molecule has 2 rings (SSSR count). The lowest BCUT2D eigenvalue weighted by Gasteiger charge is -2.03. The maximum absolute atomic E-state index is 11.8. The van der Waals surface area contributed by atoms with Crippen LogP contribution in [0.5, 0.6) is 0 Å². The van der Waals surface area contributed by atoms with Crippen molar-refractivity contribution in [2.75, 3.05) is 13.1 Å². The van der Waals surface area contributed by atoms with E-state index in [1.165, 1.54) is 11.3 Å². The highest BCUT2D eigenvalue weighted by Crippen LogP contribution is 2.16. The van der Waals surface area contributed by atoms with Crippen LogP contribution >= 0.6 is 11.3 Å². The number of amides is 2. The van der Waals surface area contributed by atoms with E-state index in [4.69, 9.17) is 5.26 Å². The average molecular weight is 340 g/mol. The molecule has 0 saturated heterocycles. The summed E-state index contributed by atoms with van der Waals surface area (Å²) in [7, 11) is 0. The summed E-state index contributed by atoms with van der Waals surface area (Å²) < 4.78 is 0. The van der Waals surface area contributed by atoms with Crippen LogP contribution in [0.3, 0.4) is 0 Å². The van der Waals surface area contributed by atoms with E-state index in [1.54, 1.807) is 12.3 Å². The maximum atomic E-state index is 11.8. The number of nitrogens with one attached hydrogen (secondary N) is 2. The Kier molecular flexibility index (Phi) is 6.68. The van der Waals surface area contributed by atoms with Gasteiger partial charge in [0.15, 0.2) is 0 Å². The molecule has 0 aliphatic rings. The van der Waals surface area contributed by atoms with Crippen molar-refractivity contribution in [1.82, 2.24) is 15.6 Å². The minimum atomic E-state index is -0.393. The van der Waals surface area contributed by atoms with Gasteiger partial charge in [-0.2, -0.15) is 5.26 Å². The Balaban J connectivity index is 1.81. The zero-order valence-corrected chi connectivity index (χ0v) is 13.7. The first-order valence-electron chi connectivity index (χ1n) is 7.25. The summed E-state index contributed by atoms with van der Waals surface area (Å²) in [6.45, 7) is -0.217. The highest BCUT2D eigenvalue weighted by Gasteiger charge is 2.08. The van der Waals surface area contributed by atoms with Crippen LogP contribution in [0.4, 0.5) is 0 Å². The molecule has 0 aliphatic heterocycles. The first-order valence-corrected chi connectivity index (χ1v) is 8.07. The third-order valence-corrected chi connectivity index (χ3v) is 3.90. The number of benzene rings is 1. The smallest absolute Gasteiger partial charge is 0.240 e. The predicted octanol–water partition coefficient (Wildman–Crippen LogP) is 1.61. The number of rotatable bonds is 7. The van der Waals surface area contributed by atoms with Crippen molar-refractivity contribution < 1.29 is 9.59 Å². The van der Waals surface area contributed by atoms with Crippen LogP contribution in [0.25, 0.3) is 12.2 Å². The molecule has 0 radical (unpaired) electrons. The fourth-order valence-electron chi connectivity index (χ4n) is 1.80. The number of carbonyl (C=O) groups is 2.